The molecule has 0 radical (unpaired) electrons. The maximum atomic E-state index is 11.8. The van der Waals surface area contributed by atoms with Crippen molar-refractivity contribution < 1.29 is 9.90 Å². The van der Waals surface area contributed by atoms with Gasteiger partial charge in [-0.1, -0.05) is 6.92 Å². The molecule has 0 fully saturated rings. The molecule has 0 spiro atoms. The summed E-state index contributed by atoms with van der Waals surface area (Å²) in [5, 5.41) is 14.8. The SMILES string of the molecule is CCC(C)(C)NC(=O)C(C)NCCCCCO. The molecular weight excluding hydrogens is 216 g/mol. The van der Waals surface area contributed by atoms with E-state index >= 15 is 0 Å². The zero-order valence-electron chi connectivity index (χ0n) is 11.7. The summed E-state index contributed by atoms with van der Waals surface area (Å²) < 4.78 is 0. The Hall–Kier alpha value is -0.610. The highest BCUT2D eigenvalue weighted by molar-refractivity contribution is 5.81. The Kier molecular flexibility index (Phi) is 8.17. The van der Waals surface area contributed by atoms with E-state index in [2.05, 4.69) is 17.6 Å². The zero-order chi connectivity index (χ0) is 13.3. The van der Waals surface area contributed by atoms with Crippen LogP contribution in [-0.4, -0.2) is 35.7 Å². The lowest BCUT2D eigenvalue weighted by Crippen LogP contribution is -2.50. The molecule has 0 aliphatic rings. The molecule has 1 unspecified atom stereocenters. The topological polar surface area (TPSA) is 61.4 Å². The van der Waals surface area contributed by atoms with Crippen molar-refractivity contribution >= 4 is 5.91 Å². The summed E-state index contributed by atoms with van der Waals surface area (Å²) in [6.07, 6.45) is 3.75. The monoisotopic (exact) mass is 244 g/mol. The van der Waals surface area contributed by atoms with E-state index in [1.165, 1.54) is 0 Å². The van der Waals surface area contributed by atoms with Gasteiger partial charge in [-0.05, 0) is 53.0 Å². The van der Waals surface area contributed by atoms with Crippen LogP contribution >= 0.6 is 0 Å². The van der Waals surface area contributed by atoms with E-state index < -0.39 is 0 Å². The summed E-state index contributed by atoms with van der Waals surface area (Å²) >= 11 is 0. The van der Waals surface area contributed by atoms with Gasteiger partial charge in [0.2, 0.25) is 5.91 Å². The molecule has 17 heavy (non-hydrogen) atoms. The largest absolute Gasteiger partial charge is 0.396 e. The van der Waals surface area contributed by atoms with E-state index in [4.69, 9.17) is 5.11 Å². The predicted octanol–water partition coefficient (Wildman–Crippen LogP) is 1.43. The molecule has 0 aliphatic heterocycles. The van der Waals surface area contributed by atoms with Crippen LogP contribution in [0.4, 0.5) is 0 Å². The second-order valence-corrected chi connectivity index (χ2v) is 5.19. The molecule has 0 aliphatic carbocycles. The highest BCUT2D eigenvalue weighted by Gasteiger charge is 2.21. The lowest BCUT2D eigenvalue weighted by molar-refractivity contribution is -0.124. The van der Waals surface area contributed by atoms with E-state index in [1.54, 1.807) is 0 Å². The number of carbonyl (C=O) groups is 1. The summed E-state index contributed by atoms with van der Waals surface area (Å²) in [6.45, 7) is 9.07. The Morgan fingerprint density at radius 3 is 2.47 bits per heavy atom. The van der Waals surface area contributed by atoms with Gasteiger partial charge >= 0.3 is 0 Å². The summed E-state index contributed by atoms with van der Waals surface area (Å²) in [4.78, 5) is 11.8. The van der Waals surface area contributed by atoms with E-state index in [0.29, 0.717) is 0 Å². The van der Waals surface area contributed by atoms with Crippen LogP contribution in [0.5, 0.6) is 0 Å². The summed E-state index contributed by atoms with van der Waals surface area (Å²) in [5.74, 6) is 0.0546. The summed E-state index contributed by atoms with van der Waals surface area (Å²) in [5.41, 5.74) is -0.135. The van der Waals surface area contributed by atoms with Crippen molar-refractivity contribution in [3.8, 4) is 0 Å². The molecule has 0 saturated carbocycles. The average Bonchev–Trinajstić information content (AvgIpc) is 2.28. The van der Waals surface area contributed by atoms with Gasteiger partial charge in [-0.3, -0.25) is 4.79 Å². The van der Waals surface area contributed by atoms with Crippen molar-refractivity contribution in [2.75, 3.05) is 13.2 Å². The molecule has 1 amide bonds. The molecule has 0 aromatic rings. The summed E-state index contributed by atoms with van der Waals surface area (Å²) in [6, 6.07) is -0.157. The summed E-state index contributed by atoms with van der Waals surface area (Å²) in [7, 11) is 0. The lowest BCUT2D eigenvalue weighted by Gasteiger charge is -2.26. The van der Waals surface area contributed by atoms with Crippen LogP contribution in [0.3, 0.4) is 0 Å². The molecule has 0 rings (SSSR count). The first kappa shape index (κ1) is 16.4. The standard InChI is InChI=1S/C13H28N2O2/c1-5-13(3,4)15-12(17)11(2)14-9-7-6-8-10-16/h11,14,16H,5-10H2,1-4H3,(H,15,17). The number of hydrogen-bond donors (Lipinski definition) is 3. The molecule has 4 heteroatoms. The van der Waals surface area contributed by atoms with Crippen molar-refractivity contribution in [2.24, 2.45) is 0 Å². The lowest BCUT2D eigenvalue weighted by atomic mass is 10.0. The third-order valence-corrected chi connectivity index (χ3v) is 3.02. The Morgan fingerprint density at radius 1 is 1.29 bits per heavy atom. The Morgan fingerprint density at radius 2 is 1.94 bits per heavy atom. The molecule has 0 heterocycles. The van der Waals surface area contributed by atoms with Gasteiger partial charge in [-0.2, -0.15) is 0 Å². The zero-order valence-corrected chi connectivity index (χ0v) is 11.7. The molecule has 4 nitrogen and oxygen atoms in total. The number of hydrogen-bond acceptors (Lipinski definition) is 3. The van der Waals surface area contributed by atoms with Gasteiger partial charge in [-0.15, -0.1) is 0 Å². The van der Waals surface area contributed by atoms with E-state index in [9.17, 15) is 4.79 Å². The third kappa shape index (κ3) is 8.16. The number of amides is 1. The minimum Gasteiger partial charge on any atom is -0.396 e. The van der Waals surface area contributed by atoms with Gasteiger partial charge in [0, 0.05) is 12.1 Å². The van der Waals surface area contributed by atoms with Crippen molar-refractivity contribution in [3.63, 3.8) is 0 Å². The molecule has 0 aromatic heterocycles. The number of unbranched alkanes of at least 4 members (excludes halogenated alkanes) is 2. The van der Waals surface area contributed by atoms with Crippen molar-refractivity contribution in [2.45, 2.75) is 65.0 Å². The Labute approximate surface area is 105 Å². The molecule has 1 atom stereocenters. The number of aliphatic hydroxyl groups is 1. The van der Waals surface area contributed by atoms with Crippen LogP contribution in [-0.2, 0) is 4.79 Å². The van der Waals surface area contributed by atoms with Crippen LogP contribution in [0.25, 0.3) is 0 Å². The third-order valence-electron chi connectivity index (χ3n) is 3.02. The van der Waals surface area contributed by atoms with Crippen LogP contribution < -0.4 is 10.6 Å². The van der Waals surface area contributed by atoms with Gasteiger partial charge < -0.3 is 15.7 Å². The van der Waals surface area contributed by atoms with Gasteiger partial charge in [0.15, 0.2) is 0 Å². The highest BCUT2D eigenvalue weighted by atomic mass is 16.2. The second kappa shape index (κ2) is 8.48. The fourth-order valence-electron chi connectivity index (χ4n) is 1.36. The van der Waals surface area contributed by atoms with Crippen LogP contribution in [0.1, 0.15) is 53.4 Å². The maximum absolute atomic E-state index is 11.8. The van der Waals surface area contributed by atoms with Crippen LogP contribution in [0.2, 0.25) is 0 Å². The minimum atomic E-state index is -0.157. The fourth-order valence-corrected chi connectivity index (χ4v) is 1.36. The first-order valence-electron chi connectivity index (χ1n) is 6.59. The van der Waals surface area contributed by atoms with Crippen LogP contribution in [0.15, 0.2) is 0 Å². The first-order valence-corrected chi connectivity index (χ1v) is 6.59. The molecule has 3 N–H and O–H groups in total. The van der Waals surface area contributed by atoms with Gasteiger partial charge in [-0.25, -0.2) is 0 Å². The number of aliphatic hydroxyl groups excluding tert-OH is 1. The smallest absolute Gasteiger partial charge is 0.237 e. The first-order chi connectivity index (χ1) is 7.93. The molecule has 0 aromatic carbocycles. The van der Waals surface area contributed by atoms with Crippen molar-refractivity contribution in [1.29, 1.82) is 0 Å². The second-order valence-electron chi connectivity index (χ2n) is 5.19. The Bertz CT molecular complexity index is 217. The minimum absolute atomic E-state index is 0.0546. The van der Waals surface area contributed by atoms with E-state index in [-0.39, 0.29) is 24.1 Å². The normalized spacial score (nSPS) is 13.5. The van der Waals surface area contributed by atoms with Gasteiger partial charge in [0.1, 0.15) is 0 Å². The Balaban J connectivity index is 3.75. The molecule has 0 bridgehead atoms. The maximum Gasteiger partial charge on any atom is 0.237 e. The van der Waals surface area contributed by atoms with Gasteiger partial charge in [0.25, 0.3) is 0 Å². The van der Waals surface area contributed by atoms with Crippen LogP contribution in [0, 0.1) is 0 Å². The van der Waals surface area contributed by atoms with Crippen molar-refractivity contribution in [1.82, 2.24) is 10.6 Å². The van der Waals surface area contributed by atoms with Crippen molar-refractivity contribution in [3.05, 3.63) is 0 Å². The number of rotatable bonds is 9. The molecular formula is C13H28N2O2. The van der Waals surface area contributed by atoms with E-state index in [1.807, 2.05) is 20.8 Å². The average molecular weight is 244 g/mol. The van der Waals surface area contributed by atoms with E-state index in [0.717, 1.165) is 32.2 Å². The number of carbonyl (C=O) groups excluding carboxylic acids is 1. The molecule has 102 valence electrons. The van der Waals surface area contributed by atoms with Gasteiger partial charge in [0.05, 0.1) is 6.04 Å². The fraction of sp³-hybridized carbons (Fsp3) is 0.923. The molecule has 0 saturated heterocycles. The predicted molar refractivity (Wildman–Crippen MR) is 70.9 cm³/mol. The highest BCUT2D eigenvalue weighted by Crippen LogP contribution is 2.06. The number of nitrogens with one attached hydrogen (secondary N) is 2. The quantitative estimate of drug-likeness (QED) is 0.538.